The van der Waals surface area contributed by atoms with Crippen molar-refractivity contribution >= 4 is 0 Å². The Bertz CT molecular complexity index is 737. The van der Waals surface area contributed by atoms with Crippen LogP contribution < -0.4 is 14.8 Å². The summed E-state index contributed by atoms with van der Waals surface area (Å²) in [4.78, 5) is 0. The zero-order chi connectivity index (χ0) is 21.0. The minimum Gasteiger partial charge on any atom is -0.496 e. The fourth-order valence-corrected chi connectivity index (χ4v) is 3.71. The molecule has 3 rings (SSSR count). The molecule has 1 unspecified atom stereocenters. The lowest BCUT2D eigenvalue weighted by atomic mass is 9.88. The molecule has 2 atom stereocenters. The Hall–Kier alpha value is -2.12. The van der Waals surface area contributed by atoms with E-state index in [9.17, 15) is 0 Å². The molecule has 1 saturated heterocycles. The second-order valence-corrected chi connectivity index (χ2v) is 7.35. The molecule has 164 valence electrons. The van der Waals surface area contributed by atoms with Crippen molar-refractivity contribution in [3.63, 3.8) is 0 Å². The second kappa shape index (κ2) is 12.5. The third-order valence-corrected chi connectivity index (χ3v) is 5.29. The molecule has 0 amide bonds. The van der Waals surface area contributed by atoms with Crippen molar-refractivity contribution in [2.45, 2.75) is 31.5 Å². The lowest BCUT2D eigenvalue weighted by Crippen LogP contribution is -2.41. The molecule has 6 nitrogen and oxygen atoms in total. The monoisotopic (exact) mass is 415 g/mol. The number of methoxy groups -OCH3 is 2. The van der Waals surface area contributed by atoms with Crippen LogP contribution in [0.3, 0.4) is 0 Å². The SMILES string of the molecule is COCO[C@@H]1CNCCC1c1ccc(OCCCOCc2ccccc2OC)cc1. The van der Waals surface area contributed by atoms with Gasteiger partial charge in [0.2, 0.25) is 0 Å². The summed E-state index contributed by atoms with van der Waals surface area (Å²) in [7, 11) is 3.33. The maximum Gasteiger partial charge on any atom is 0.146 e. The van der Waals surface area contributed by atoms with Crippen LogP contribution in [0.2, 0.25) is 0 Å². The first-order valence-corrected chi connectivity index (χ1v) is 10.6. The Kier molecular flexibility index (Phi) is 9.44. The maximum absolute atomic E-state index is 5.87. The molecule has 0 saturated carbocycles. The largest absolute Gasteiger partial charge is 0.496 e. The van der Waals surface area contributed by atoms with Crippen molar-refractivity contribution in [2.75, 3.05) is 47.3 Å². The van der Waals surface area contributed by atoms with Crippen LogP contribution >= 0.6 is 0 Å². The molecule has 1 fully saturated rings. The highest BCUT2D eigenvalue weighted by molar-refractivity contribution is 5.32. The van der Waals surface area contributed by atoms with Crippen LogP contribution in [0.5, 0.6) is 11.5 Å². The summed E-state index contributed by atoms with van der Waals surface area (Å²) < 4.78 is 27.9. The van der Waals surface area contributed by atoms with E-state index in [1.807, 2.05) is 36.4 Å². The second-order valence-electron chi connectivity index (χ2n) is 7.35. The van der Waals surface area contributed by atoms with E-state index in [4.69, 9.17) is 23.7 Å². The van der Waals surface area contributed by atoms with Crippen LogP contribution in [0, 0.1) is 0 Å². The van der Waals surface area contributed by atoms with Crippen molar-refractivity contribution < 1.29 is 23.7 Å². The average molecular weight is 416 g/mol. The third-order valence-electron chi connectivity index (χ3n) is 5.29. The summed E-state index contributed by atoms with van der Waals surface area (Å²) in [6.07, 6.45) is 2.02. The molecule has 0 bridgehead atoms. The van der Waals surface area contributed by atoms with Gasteiger partial charge in [0, 0.05) is 31.6 Å². The van der Waals surface area contributed by atoms with Gasteiger partial charge in [0.1, 0.15) is 18.3 Å². The van der Waals surface area contributed by atoms with Gasteiger partial charge in [-0.1, -0.05) is 30.3 Å². The standard InChI is InChI=1S/C24H33NO5/c1-26-18-30-24-16-25-13-12-22(24)19-8-10-21(11-9-19)29-15-5-14-28-17-20-6-3-4-7-23(20)27-2/h3-4,6-11,22,24-25H,5,12-18H2,1-2H3/t22?,24-/m1/s1. The van der Waals surface area contributed by atoms with Gasteiger partial charge < -0.3 is 29.0 Å². The highest BCUT2D eigenvalue weighted by atomic mass is 16.7. The molecule has 1 heterocycles. The number of rotatable bonds is 12. The molecule has 0 radical (unpaired) electrons. The Morgan fingerprint density at radius 3 is 2.63 bits per heavy atom. The summed E-state index contributed by atoms with van der Waals surface area (Å²) in [6.45, 7) is 3.98. The van der Waals surface area contributed by atoms with Gasteiger partial charge in [0.05, 0.1) is 33.0 Å². The van der Waals surface area contributed by atoms with Crippen molar-refractivity contribution in [1.29, 1.82) is 0 Å². The van der Waals surface area contributed by atoms with Crippen LogP contribution in [0.4, 0.5) is 0 Å². The van der Waals surface area contributed by atoms with Crippen molar-refractivity contribution in [1.82, 2.24) is 5.32 Å². The van der Waals surface area contributed by atoms with Gasteiger partial charge in [-0.2, -0.15) is 0 Å². The van der Waals surface area contributed by atoms with Crippen LogP contribution in [-0.2, 0) is 20.8 Å². The maximum atomic E-state index is 5.87. The molecule has 0 spiro atoms. The van der Waals surface area contributed by atoms with Gasteiger partial charge in [-0.25, -0.2) is 0 Å². The van der Waals surface area contributed by atoms with E-state index in [1.165, 1.54) is 5.56 Å². The summed E-state index contributed by atoms with van der Waals surface area (Å²) in [5.74, 6) is 2.11. The Morgan fingerprint density at radius 2 is 1.83 bits per heavy atom. The number of benzene rings is 2. The number of hydrogen-bond acceptors (Lipinski definition) is 6. The topological polar surface area (TPSA) is 58.2 Å². The van der Waals surface area contributed by atoms with Crippen molar-refractivity contribution in [3.8, 4) is 11.5 Å². The molecule has 2 aromatic carbocycles. The first-order chi connectivity index (χ1) is 14.8. The molecular formula is C24H33NO5. The quantitative estimate of drug-likeness (QED) is 0.421. The van der Waals surface area contributed by atoms with Gasteiger partial charge in [-0.05, 0) is 36.7 Å². The minimum absolute atomic E-state index is 0.130. The minimum atomic E-state index is 0.130. The number of piperidine rings is 1. The predicted octanol–water partition coefficient (Wildman–Crippen LogP) is 3.75. The normalized spacial score (nSPS) is 18.9. The summed E-state index contributed by atoms with van der Waals surface area (Å²) in [5.41, 5.74) is 2.34. The summed E-state index contributed by atoms with van der Waals surface area (Å²) in [6, 6.07) is 16.3. The molecule has 2 aromatic rings. The summed E-state index contributed by atoms with van der Waals surface area (Å²) >= 11 is 0. The zero-order valence-electron chi connectivity index (χ0n) is 18.0. The smallest absolute Gasteiger partial charge is 0.146 e. The molecule has 1 aliphatic heterocycles. The number of para-hydroxylation sites is 1. The highest BCUT2D eigenvalue weighted by Gasteiger charge is 2.27. The van der Waals surface area contributed by atoms with Gasteiger partial charge in [-0.3, -0.25) is 0 Å². The molecule has 0 aromatic heterocycles. The molecule has 6 heteroatoms. The third kappa shape index (κ3) is 6.71. The highest BCUT2D eigenvalue weighted by Crippen LogP contribution is 2.29. The van der Waals surface area contributed by atoms with E-state index in [-0.39, 0.29) is 6.10 Å². The van der Waals surface area contributed by atoms with Crippen LogP contribution in [0.15, 0.2) is 48.5 Å². The lowest BCUT2D eigenvalue weighted by Gasteiger charge is -2.32. The number of nitrogens with one attached hydrogen (secondary N) is 1. The number of ether oxygens (including phenoxy) is 5. The van der Waals surface area contributed by atoms with E-state index in [2.05, 4.69) is 17.4 Å². The molecule has 1 N–H and O–H groups in total. The Balaban J connectivity index is 1.38. The fraction of sp³-hybridized carbons (Fsp3) is 0.500. The predicted molar refractivity (Wildman–Crippen MR) is 116 cm³/mol. The lowest BCUT2D eigenvalue weighted by molar-refractivity contribution is -0.0846. The Morgan fingerprint density at radius 1 is 1.00 bits per heavy atom. The van der Waals surface area contributed by atoms with Gasteiger partial charge in [-0.15, -0.1) is 0 Å². The molecule has 0 aliphatic carbocycles. The van der Waals surface area contributed by atoms with Crippen LogP contribution in [0.25, 0.3) is 0 Å². The van der Waals surface area contributed by atoms with Crippen LogP contribution in [0.1, 0.15) is 29.9 Å². The zero-order valence-corrected chi connectivity index (χ0v) is 18.0. The summed E-state index contributed by atoms with van der Waals surface area (Å²) in [5, 5.41) is 3.39. The van der Waals surface area contributed by atoms with E-state index < -0.39 is 0 Å². The first-order valence-electron chi connectivity index (χ1n) is 10.6. The van der Waals surface area contributed by atoms with E-state index in [0.717, 1.165) is 43.0 Å². The first kappa shape index (κ1) is 22.6. The van der Waals surface area contributed by atoms with Gasteiger partial charge >= 0.3 is 0 Å². The van der Waals surface area contributed by atoms with Crippen LogP contribution in [-0.4, -0.2) is 53.4 Å². The molecular weight excluding hydrogens is 382 g/mol. The average Bonchev–Trinajstić information content (AvgIpc) is 2.81. The van der Waals surface area contributed by atoms with Crippen molar-refractivity contribution in [3.05, 3.63) is 59.7 Å². The van der Waals surface area contributed by atoms with E-state index in [1.54, 1.807) is 14.2 Å². The molecule has 30 heavy (non-hydrogen) atoms. The number of hydrogen-bond donors (Lipinski definition) is 1. The van der Waals surface area contributed by atoms with Gasteiger partial charge in [0.15, 0.2) is 0 Å². The van der Waals surface area contributed by atoms with Gasteiger partial charge in [0.25, 0.3) is 0 Å². The Labute approximate surface area is 179 Å². The van der Waals surface area contributed by atoms with E-state index >= 15 is 0 Å². The fourth-order valence-electron chi connectivity index (χ4n) is 3.71. The van der Waals surface area contributed by atoms with Crippen molar-refractivity contribution in [2.24, 2.45) is 0 Å². The molecule has 1 aliphatic rings. The van der Waals surface area contributed by atoms with E-state index in [0.29, 0.717) is 32.5 Å².